The van der Waals surface area contributed by atoms with Crippen molar-refractivity contribution in [3.05, 3.63) is 29.8 Å². The van der Waals surface area contributed by atoms with Crippen molar-refractivity contribution in [2.24, 2.45) is 0 Å². The number of rotatable bonds is 8. The molecule has 0 unspecified atom stereocenters. The Hall–Kier alpha value is -1.39. The summed E-state index contributed by atoms with van der Waals surface area (Å²) in [6.07, 6.45) is 2.05. The Labute approximate surface area is 134 Å². The molecule has 4 nitrogen and oxygen atoms in total. The molecule has 0 saturated heterocycles. The highest BCUT2D eigenvalue weighted by Crippen LogP contribution is 2.31. The zero-order valence-electron chi connectivity index (χ0n) is 14.1. The second kappa shape index (κ2) is 8.30. The average Bonchev–Trinajstić information content (AvgIpc) is 2.86. The fraction of sp³-hybridized carbons (Fsp3) is 0.611. The molecular weight excluding hydrogens is 274 g/mol. The maximum Gasteiger partial charge on any atom is 0.241 e. The quantitative estimate of drug-likeness (QED) is 0.749. The van der Waals surface area contributed by atoms with E-state index in [-0.39, 0.29) is 11.9 Å². The van der Waals surface area contributed by atoms with Gasteiger partial charge in [-0.1, -0.05) is 32.0 Å². The summed E-state index contributed by atoms with van der Waals surface area (Å²) >= 11 is 0. The molecule has 2 rings (SSSR count). The Kier molecular flexibility index (Phi) is 6.40. The van der Waals surface area contributed by atoms with Crippen LogP contribution in [0.15, 0.2) is 24.3 Å². The molecule has 0 saturated carbocycles. The van der Waals surface area contributed by atoms with Crippen molar-refractivity contribution in [3.63, 3.8) is 0 Å². The van der Waals surface area contributed by atoms with Crippen LogP contribution in [0, 0.1) is 0 Å². The summed E-state index contributed by atoms with van der Waals surface area (Å²) in [7, 11) is 0. The second-order valence-electron chi connectivity index (χ2n) is 6.00. The van der Waals surface area contributed by atoms with Crippen LogP contribution in [0.1, 0.15) is 32.8 Å². The van der Waals surface area contributed by atoms with Gasteiger partial charge in [-0.3, -0.25) is 4.79 Å². The van der Waals surface area contributed by atoms with E-state index in [2.05, 4.69) is 43.1 Å². The molecule has 0 aromatic heterocycles. The lowest BCUT2D eigenvalue weighted by Crippen LogP contribution is -2.42. The molecule has 1 heterocycles. The van der Waals surface area contributed by atoms with Crippen LogP contribution in [0.5, 0.6) is 0 Å². The van der Waals surface area contributed by atoms with Crippen LogP contribution in [0.2, 0.25) is 0 Å². The van der Waals surface area contributed by atoms with Crippen LogP contribution in [0.25, 0.3) is 0 Å². The number of para-hydroxylation sites is 1. The van der Waals surface area contributed by atoms with Crippen LogP contribution < -0.4 is 10.2 Å². The van der Waals surface area contributed by atoms with E-state index in [1.165, 1.54) is 5.56 Å². The van der Waals surface area contributed by atoms with Crippen LogP contribution in [0.4, 0.5) is 5.69 Å². The topological polar surface area (TPSA) is 35.6 Å². The van der Waals surface area contributed by atoms with Crippen molar-refractivity contribution in [1.82, 2.24) is 10.2 Å². The van der Waals surface area contributed by atoms with Crippen molar-refractivity contribution < 1.29 is 4.79 Å². The number of nitrogens with one attached hydrogen (secondary N) is 1. The lowest BCUT2D eigenvalue weighted by molar-refractivity contribution is -0.118. The van der Waals surface area contributed by atoms with Crippen LogP contribution in [-0.4, -0.2) is 49.6 Å². The average molecular weight is 303 g/mol. The molecule has 0 aliphatic carbocycles. The second-order valence-corrected chi connectivity index (χ2v) is 6.00. The van der Waals surface area contributed by atoms with Crippen LogP contribution >= 0.6 is 0 Å². The predicted octanol–water partition coefficient (Wildman–Crippen LogP) is 2.29. The van der Waals surface area contributed by atoms with Gasteiger partial charge in [0.15, 0.2) is 0 Å². The molecule has 0 bridgehead atoms. The Morgan fingerprint density at radius 2 is 2.05 bits per heavy atom. The van der Waals surface area contributed by atoms with E-state index in [4.69, 9.17) is 0 Å². The normalized spacial score (nSPS) is 17.1. The number of hydrogen-bond donors (Lipinski definition) is 1. The monoisotopic (exact) mass is 303 g/mol. The summed E-state index contributed by atoms with van der Waals surface area (Å²) in [5.74, 6) is 0.181. The van der Waals surface area contributed by atoms with E-state index in [9.17, 15) is 4.79 Å². The summed E-state index contributed by atoms with van der Waals surface area (Å²) < 4.78 is 0. The van der Waals surface area contributed by atoms with Gasteiger partial charge in [-0.15, -0.1) is 0 Å². The first-order chi connectivity index (χ1) is 10.7. The summed E-state index contributed by atoms with van der Waals surface area (Å²) in [6.45, 7) is 11.1. The third kappa shape index (κ3) is 4.08. The molecule has 0 radical (unpaired) electrons. The largest absolute Gasteiger partial charge is 0.308 e. The molecule has 122 valence electrons. The van der Waals surface area contributed by atoms with E-state index < -0.39 is 0 Å². The number of carbonyl (C=O) groups is 1. The first kappa shape index (κ1) is 17.0. The fourth-order valence-electron chi connectivity index (χ4n) is 3.19. The Morgan fingerprint density at radius 1 is 1.32 bits per heavy atom. The predicted molar refractivity (Wildman–Crippen MR) is 92.4 cm³/mol. The molecule has 1 amide bonds. The fourth-order valence-corrected chi connectivity index (χ4v) is 3.19. The zero-order valence-corrected chi connectivity index (χ0v) is 14.1. The van der Waals surface area contributed by atoms with Crippen LogP contribution in [-0.2, 0) is 11.2 Å². The van der Waals surface area contributed by atoms with Gasteiger partial charge in [0.1, 0.15) is 0 Å². The van der Waals surface area contributed by atoms with Crippen LogP contribution in [0.3, 0.4) is 0 Å². The smallest absolute Gasteiger partial charge is 0.241 e. The van der Waals surface area contributed by atoms with E-state index >= 15 is 0 Å². The number of anilines is 1. The van der Waals surface area contributed by atoms with Gasteiger partial charge in [-0.25, -0.2) is 0 Å². The third-order valence-corrected chi connectivity index (χ3v) is 4.47. The summed E-state index contributed by atoms with van der Waals surface area (Å²) in [5, 5.41) is 3.30. The van der Waals surface area contributed by atoms with Crippen molar-refractivity contribution in [1.29, 1.82) is 0 Å². The molecule has 1 aliphatic heterocycles. The molecule has 1 aliphatic rings. The lowest BCUT2D eigenvalue weighted by Gasteiger charge is -2.23. The minimum Gasteiger partial charge on any atom is -0.308 e. The lowest BCUT2D eigenvalue weighted by atomic mass is 10.1. The molecule has 1 aromatic rings. The highest BCUT2D eigenvalue weighted by molar-refractivity contribution is 5.97. The van der Waals surface area contributed by atoms with Gasteiger partial charge in [0, 0.05) is 11.7 Å². The van der Waals surface area contributed by atoms with Gasteiger partial charge in [-0.05, 0) is 57.6 Å². The minimum absolute atomic E-state index is 0.181. The van der Waals surface area contributed by atoms with E-state index in [0.717, 1.165) is 44.7 Å². The van der Waals surface area contributed by atoms with Gasteiger partial charge >= 0.3 is 0 Å². The minimum atomic E-state index is 0.181. The Morgan fingerprint density at radius 3 is 2.77 bits per heavy atom. The van der Waals surface area contributed by atoms with Crippen molar-refractivity contribution >= 4 is 11.6 Å². The van der Waals surface area contributed by atoms with Gasteiger partial charge in [0.05, 0.1) is 6.54 Å². The summed E-state index contributed by atoms with van der Waals surface area (Å²) in [5.41, 5.74) is 2.37. The maximum atomic E-state index is 12.5. The first-order valence-corrected chi connectivity index (χ1v) is 8.50. The zero-order chi connectivity index (χ0) is 15.9. The molecule has 1 atom stereocenters. The number of fused-ring (bicyclic) bond motifs is 1. The van der Waals surface area contributed by atoms with Crippen molar-refractivity contribution in [2.75, 3.05) is 37.6 Å². The summed E-state index contributed by atoms with van der Waals surface area (Å²) in [6, 6.07) is 8.50. The van der Waals surface area contributed by atoms with Crippen molar-refractivity contribution in [2.45, 2.75) is 39.7 Å². The standard InChI is InChI=1S/C18H29N3O/c1-4-20(5-2)12-8-11-19-14-18(22)21-15(3)13-16-9-6-7-10-17(16)21/h6-7,9-10,15,19H,4-5,8,11-14H2,1-3H3/t15-/m1/s1. The number of hydrogen-bond acceptors (Lipinski definition) is 3. The number of benzene rings is 1. The van der Waals surface area contributed by atoms with Gasteiger partial charge in [0.2, 0.25) is 5.91 Å². The van der Waals surface area contributed by atoms with E-state index in [0.29, 0.717) is 6.54 Å². The highest BCUT2D eigenvalue weighted by atomic mass is 16.2. The molecule has 0 spiro atoms. The van der Waals surface area contributed by atoms with Gasteiger partial charge in [-0.2, -0.15) is 0 Å². The molecule has 1 N–H and O–H groups in total. The van der Waals surface area contributed by atoms with Gasteiger partial charge < -0.3 is 15.1 Å². The molecule has 4 heteroatoms. The SMILES string of the molecule is CCN(CC)CCCNCC(=O)N1c2ccccc2C[C@H]1C. The van der Waals surface area contributed by atoms with E-state index in [1.54, 1.807) is 0 Å². The number of nitrogens with zero attached hydrogens (tertiary/aromatic N) is 2. The Bertz CT molecular complexity index is 485. The number of carbonyl (C=O) groups excluding carboxylic acids is 1. The van der Waals surface area contributed by atoms with Crippen molar-refractivity contribution in [3.8, 4) is 0 Å². The van der Waals surface area contributed by atoms with Gasteiger partial charge in [0.25, 0.3) is 0 Å². The van der Waals surface area contributed by atoms with E-state index in [1.807, 2.05) is 17.0 Å². The molecule has 0 fully saturated rings. The summed E-state index contributed by atoms with van der Waals surface area (Å²) in [4.78, 5) is 16.8. The molecule has 1 aromatic carbocycles. The number of amides is 1. The Balaban J connectivity index is 1.76. The third-order valence-electron chi connectivity index (χ3n) is 4.47. The molecule has 22 heavy (non-hydrogen) atoms. The highest BCUT2D eigenvalue weighted by Gasteiger charge is 2.29. The first-order valence-electron chi connectivity index (χ1n) is 8.50. The maximum absolute atomic E-state index is 12.5. The molecular formula is C18H29N3O.